The van der Waals surface area contributed by atoms with E-state index in [9.17, 15) is 5.26 Å². The van der Waals surface area contributed by atoms with Gasteiger partial charge in [0, 0.05) is 22.0 Å². The predicted octanol–water partition coefficient (Wildman–Crippen LogP) is 7.17. The molecular formula is C26H19ClN2. The molecule has 4 rings (SSSR count). The van der Waals surface area contributed by atoms with Crippen LogP contribution in [-0.4, -0.2) is 4.57 Å². The van der Waals surface area contributed by atoms with Gasteiger partial charge in [0.2, 0.25) is 0 Å². The van der Waals surface area contributed by atoms with Crippen molar-refractivity contribution in [3.05, 3.63) is 113 Å². The maximum Gasteiger partial charge on any atom is 0.0998 e. The molecule has 29 heavy (non-hydrogen) atoms. The molecule has 0 amide bonds. The van der Waals surface area contributed by atoms with E-state index >= 15 is 0 Å². The van der Waals surface area contributed by atoms with Crippen LogP contribution in [0.1, 0.15) is 16.8 Å². The monoisotopic (exact) mass is 394 g/mol. The number of benzene rings is 3. The molecular weight excluding hydrogens is 376 g/mol. The van der Waals surface area contributed by atoms with E-state index in [0.717, 1.165) is 33.8 Å². The molecule has 0 aliphatic heterocycles. The summed E-state index contributed by atoms with van der Waals surface area (Å²) in [6.07, 6.45) is 1.96. The van der Waals surface area contributed by atoms with Gasteiger partial charge in [-0.05, 0) is 54.5 Å². The highest BCUT2D eigenvalue weighted by Gasteiger charge is 2.16. The lowest BCUT2D eigenvalue weighted by molar-refractivity contribution is 1.02. The summed E-state index contributed by atoms with van der Waals surface area (Å²) in [5, 5.41) is 10.5. The van der Waals surface area contributed by atoms with E-state index in [0.29, 0.717) is 10.6 Å². The van der Waals surface area contributed by atoms with Crippen molar-refractivity contribution in [3.63, 3.8) is 0 Å². The Morgan fingerprint density at radius 2 is 1.52 bits per heavy atom. The van der Waals surface area contributed by atoms with E-state index in [1.807, 2.05) is 54.6 Å². The van der Waals surface area contributed by atoms with Gasteiger partial charge in [-0.3, -0.25) is 0 Å². The zero-order valence-corrected chi connectivity index (χ0v) is 16.8. The summed E-state index contributed by atoms with van der Waals surface area (Å²) in [6.45, 7) is 2.09. The number of nitriles is 1. The number of hydrogen-bond acceptors (Lipinski definition) is 1. The molecule has 0 spiro atoms. The minimum Gasteiger partial charge on any atom is -0.313 e. The Hall–Kier alpha value is -3.54. The first-order valence-corrected chi connectivity index (χ1v) is 9.76. The number of para-hydroxylation sites is 1. The molecule has 3 aromatic carbocycles. The molecule has 4 aromatic rings. The van der Waals surface area contributed by atoms with Crippen LogP contribution in [0.5, 0.6) is 0 Å². The Balaban J connectivity index is 1.94. The molecule has 0 atom stereocenters. The molecule has 0 bridgehead atoms. The van der Waals surface area contributed by atoms with Crippen molar-refractivity contribution in [1.82, 2.24) is 4.57 Å². The number of rotatable bonds is 4. The molecule has 0 radical (unpaired) electrons. The number of allylic oxidation sites excluding steroid dienone is 1. The van der Waals surface area contributed by atoms with Gasteiger partial charge in [0.1, 0.15) is 0 Å². The Bertz CT molecular complexity index is 1200. The Morgan fingerprint density at radius 1 is 0.897 bits per heavy atom. The summed E-state index contributed by atoms with van der Waals surface area (Å²) >= 11 is 6.01. The molecule has 0 aliphatic carbocycles. The van der Waals surface area contributed by atoms with Crippen LogP contribution in [0.15, 0.2) is 91.0 Å². The van der Waals surface area contributed by atoms with Gasteiger partial charge in [0.05, 0.1) is 17.3 Å². The zero-order chi connectivity index (χ0) is 20.2. The molecule has 1 heterocycles. The van der Waals surface area contributed by atoms with Crippen molar-refractivity contribution < 1.29 is 0 Å². The number of nitrogens with zero attached hydrogens (tertiary/aromatic N) is 2. The highest BCUT2D eigenvalue weighted by atomic mass is 35.5. The predicted molar refractivity (Wildman–Crippen MR) is 121 cm³/mol. The van der Waals surface area contributed by atoms with Crippen LogP contribution in [0.3, 0.4) is 0 Å². The fraction of sp³-hybridized carbons (Fsp3) is 0.0385. The lowest BCUT2D eigenvalue weighted by Gasteiger charge is -2.13. The second-order valence-electron chi connectivity index (χ2n) is 6.80. The first kappa shape index (κ1) is 18.8. The molecule has 140 valence electrons. The maximum absolute atomic E-state index is 9.81. The largest absolute Gasteiger partial charge is 0.313 e. The van der Waals surface area contributed by atoms with Gasteiger partial charge in [-0.1, -0.05) is 72.3 Å². The second kappa shape index (κ2) is 8.22. The number of halogens is 1. The first-order chi connectivity index (χ1) is 14.2. The van der Waals surface area contributed by atoms with Crippen molar-refractivity contribution in [3.8, 4) is 23.0 Å². The third-order valence-electron chi connectivity index (χ3n) is 4.85. The van der Waals surface area contributed by atoms with E-state index < -0.39 is 0 Å². The summed E-state index contributed by atoms with van der Waals surface area (Å²) in [5.41, 5.74) is 6.82. The lowest BCUT2D eigenvalue weighted by Crippen LogP contribution is -1.99. The first-order valence-electron chi connectivity index (χ1n) is 9.38. The summed E-state index contributed by atoms with van der Waals surface area (Å²) in [5.74, 6) is 0. The average Bonchev–Trinajstić information content (AvgIpc) is 3.09. The molecule has 0 aliphatic rings. The van der Waals surface area contributed by atoms with Gasteiger partial charge in [-0.25, -0.2) is 0 Å². The second-order valence-corrected chi connectivity index (χ2v) is 7.24. The maximum atomic E-state index is 9.81. The molecule has 2 nitrogen and oxygen atoms in total. The third kappa shape index (κ3) is 3.87. The summed E-state index contributed by atoms with van der Waals surface area (Å²) < 4.78 is 2.23. The van der Waals surface area contributed by atoms with Gasteiger partial charge >= 0.3 is 0 Å². The van der Waals surface area contributed by atoms with Crippen molar-refractivity contribution >= 4 is 23.3 Å². The minimum absolute atomic E-state index is 0.601. The van der Waals surface area contributed by atoms with Gasteiger partial charge in [-0.15, -0.1) is 0 Å². The van der Waals surface area contributed by atoms with Crippen LogP contribution in [0.2, 0.25) is 5.02 Å². The van der Waals surface area contributed by atoms with E-state index in [1.54, 1.807) is 12.1 Å². The van der Waals surface area contributed by atoms with Crippen LogP contribution in [0.4, 0.5) is 0 Å². The summed E-state index contributed by atoms with van der Waals surface area (Å²) in [4.78, 5) is 0. The van der Waals surface area contributed by atoms with Gasteiger partial charge in [0.15, 0.2) is 0 Å². The number of aryl methyl sites for hydroxylation is 1. The molecule has 0 N–H and O–H groups in total. The van der Waals surface area contributed by atoms with Crippen LogP contribution in [0, 0.1) is 18.3 Å². The highest BCUT2D eigenvalue weighted by molar-refractivity contribution is 6.30. The van der Waals surface area contributed by atoms with E-state index in [4.69, 9.17) is 11.6 Å². The van der Waals surface area contributed by atoms with Gasteiger partial charge in [0.25, 0.3) is 0 Å². The average molecular weight is 395 g/mol. The van der Waals surface area contributed by atoms with Gasteiger partial charge in [-0.2, -0.15) is 5.26 Å². The zero-order valence-electron chi connectivity index (χ0n) is 16.0. The van der Waals surface area contributed by atoms with Crippen LogP contribution in [-0.2, 0) is 0 Å². The fourth-order valence-corrected chi connectivity index (χ4v) is 3.67. The molecule has 1 aromatic heterocycles. The molecule has 0 unspecified atom stereocenters. The summed E-state index contributed by atoms with van der Waals surface area (Å²) in [6, 6.07) is 32.4. The highest BCUT2D eigenvalue weighted by Crippen LogP contribution is 2.33. The minimum atomic E-state index is 0.601. The Labute approximate surface area is 175 Å². The van der Waals surface area contributed by atoms with Gasteiger partial charge < -0.3 is 4.57 Å². The molecule has 0 fully saturated rings. The van der Waals surface area contributed by atoms with E-state index in [2.05, 4.69) is 47.9 Å². The van der Waals surface area contributed by atoms with Crippen LogP contribution in [0.25, 0.3) is 28.6 Å². The van der Waals surface area contributed by atoms with Crippen molar-refractivity contribution in [1.29, 1.82) is 5.26 Å². The van der Waals surface area contributed by atoms with Crippen LogP contribution >= 0.6 is 11.6 Å². The number of hydrogen-bond donors (Lipinski definition) is 0. The third-order valence-corrected chi connectivity index (χ3v) is 5.10. The molecule has 3 heteroatoms. The van der Waals surface area contributed by atoms with Crippen molar-refractivity contribution in [2.75, 3.05) is 0 Å². The molecule has 0 saturated carbocycles. The summed E-state index contributed by atoms with van der Waals surface area (Å²) in [7, 11) is 0. The SMILES string of the molecule is Cc1cc(/C=C(/C#N)c2ccc(Cl)cc2)c(-c2ccccc2)n1-c1ccccc1. The van der Waals surface area contributed by atoms with Crippen molar-refractivity contribution in [2.45, 2.75) is 6.92 Å². The smallest absolute Gasteiger partial charge is 0.0998 e. The molecule has 0 saturated heterocycles. The number of aromatic nitrogens is 1. The Kier molecular flexibility index (Phi) is 5.33. The quantitative estimate of drug-likeness (QED) is 0.337. The van der Waals surface area contributed by atoms with Crippen molar-refractivity contribution in [2.24, 2.45) is 0 Å². The normalized spacial score (nSPS) is 11.3. The standard InChI is InChI=1S/C26H19ClN2/c1-19-16-22(17-23(18-28)20-12-14-24(27)15-13-20)26(21-8-4-2-5-9-21)29(19)25-10-6-3-7-11-25/h2-17H,1H3/b23-17-. The van der Waals surface area contributed by atoms with E-state index in [-0.39, 0.29) is 0 Å². The lowest BCUT2D eigenvalue weighted by atomic mass is 10.0. The fourth-order valence-electron chi connectivity index (χ4n) is 3.54. The van der Waals surface area contributed by atoms with Crippen LogP contribution < -0.4 is 0 Å². The van der Waals surface area contributed by atoms with E-state index in [1.165, 1.54) is 0 Å². The Morgan fingerprint density at radius 3 is 2.14 bits per heavy atom. The topological polar surface area (TPSA) is 28.7 Å².